The number of benzene rings is 2. The van der Waals surface area contributed by atoms with Crippen molar-refractivity contribution in [3.05, 3.63) is 65.7 Å². The van der Waals surface area contributed by atoms with Crippen molar-refractivity contribution in [1.29, 1.82) is 0 Å². The van der Waals surface area contributed by atoms with Crippen LogP contribution in [-0.2, 0) is 9.53 Å². The molecule has 0 aliphatic rings. The molecule has 0 heterocycles. The maximum absolute atomic E-state index is 12.2. The van der Waals surface area contributed by atoms with Crippen LogP contribution in [0.25, 0.3) is 0 Å². The van der Waals surface area contributed by atoms with Crippen molar-refractivity contribution in [2.75, 3.05) is 14.2 Å². The van der Waals surface area contributed by atoms with Crippen LogP contribution in [0.4, 0.5) is 0 Å². The third kappa shape index (κ3) is 3.63. The largest absolute Gasteiger partial charge is 0.497 e. The molecule has 0 unspecified atom stereocenters. The molecule has 0 radical (unpaired) electrons. The summed E-state index contributed by atoms with van der Waals surface area (Å²) >= 11 is 0. The van der Waals surface area contributed by atoms with Crippen molar-refractivity contribution in [2.24, 2.45) is 0 Å². The van der Waals surface area contributed by atoms with E-state index < -0.39 is 12.0 Å². The Morgan fingerprint density at radius 1 is 0.955 bits per heavy atom. The molecule has 1 amide bonds. The molecule has 1 atom stereocenters. The lowest BCUT2D eigenvalue weighted by molar-refractivity contribution is -0.143. The van der Waals surface area contributed by atoms with Crippen molar-refractivity contribution < 1.29 is 19.1 Å². The van der Waals surface area contributed by atoms with Crippen molar-refractivity contribution in [3.63, 3.8) is 0 Å². The van der Waals surface area contributed by atoms with E-state index in [9.17, 15) is 9.59 Å². The number of nitrogens with one attached hydrogen (secondary N) is 1. The molecule has 0 bridgehead atoms. The lowest BCUT2D eigenvalue weighted by Crippen LogP contribution is -2.34. The van der Waals surface area contributed by atoms with Crippen LogP contribution in [0, 0.1) is 0 Å². The van der Waals surface area contributed by atoms with Crippen LogP contribution in [0.2, 0.25) is 0 Å². The average Bonchev–Trinajstić information content (AvgIpc) is 2.59. The molecule has 5 nitrogen and oxygen atoms in total. The number of ether oxygens (including phenoxy) is 2. The Morgan fingerprint density at radius 2 is 1.59 bits per heavy atom. The highest BCUT2D eigenvalue weighted by molar-refractivity contribution is 5.97. The maximum Gasteiger partial charge on any atom is 0.333 e. The monoisotopic (exact) mass is 299 g/mol. The van der Waals surface area contributed by atoms with E-state index in [1.165, 1.54) is 7.11 Å². The maximum atomic E-state index is 12.2. The Kier molecular flexibility index (Phi) is 5.14. The van der Waals surface area contributed by atoms with Crippen LogP contribution in [0.5, 0.6) is 5.75 Å². The highest BCUT2D eigenvalue weighted by Crippen LogP contribution is 2.19. The lowest BCUT2D eigenvalue weighted by atomic mass is 10.1. The second-order valence-electron chi connectivity index (χ2n) is 4.57. The zero-order valence-corrected chi connectivity index (χ0v) is 12.4. The predicted octanol–water partition coefficient (Wildman–Crippen LogP) is 2.34. The van der Waals surface area contributed by atoms with Crippen LogP contribution >= 0.6 is 0 Å². The molecule has 0 saturated heterocycles. The Bertz CT molecular complexity index is 637. The molecule has 114 valence electrons. The van der Waals surface area contributed by atoms with Crippen LogP contribution in [0.1, 0.15) is 22.0 Å². The fourth-order valence-corrected chi connectivity index (χ4v) is 2.00. The van der Waals surface area contributed by atoms with Gasteiger partial charge in [-0.25, -0.2) is 4.79 Å². The van der Waals surface area contributed by atoms with E-state index in [2.05, 4.69) is 5.32 Å². The molecule has 2 rings (SSSR count). The molecule has 2 aromatic carbocycles. The van der Waals surface area contributed by atoms with E-state index >= 15 is 0 Å². The Balaban J connectivity index is 2.22. The minimum atomic E-state index is -0.872. The summed E-state index contributed by atoms with van der Waals surface area (Å²) in [6, 6.07) is 14.7. The number of hydrogen-bond acceptors (Lipinski definition) is 4. The van der Waals surface area contributed by atoms with E-state index in [1.807, 2.05) is 6.07 Å². The molecule has 0 aliphatic carbocycles. The molecule has 0 spiro atoms. The summed E-state index contributed by atoms with van der Waals surface area (Å²) < 4.78 is 9.86. The number of hydrogen-bond donors (Lipinski definition) is 1. The summed E-state index contributed by atoms with van der Waals surface area (Å²) in [4.78, 5) is 24.2. The molecular weight excluding hydrogens is 282 g/mol. The standard InChI is InChI=1S/C17H17NO4/c1-21-14-10-8-12(9-11-14)15(17(20)22-2)18-16(19)13-6-4-3-5-7-13/h3-11,15H,1-2H3,(H,18,19)/t15-/m1/s1. The zero-order valence-electron chi connectivity index (χ0n) is 12.4. The normalized spacial score (nSPS) is 11.4. The van der Waals surface area contributed by atoms with Crippen molar-refractivity contribution in [3.8, 4) is 5.75 Å². The summed E-state index contributed by atoms with van der Waals surface area (Å²) in [6.45, 7) is 0. The first-order valence-corrected chi connectivity index (χ1v) is 6.73. The number of carbonyl (C=O) groups excluding carboxylic acids is 2. The first-order valence-electron chi connectivity index (χ1n) is 6.73. The van der Waals surface area contributed by atoms with Crippen LogP contribution < -0.4 is 10.1 Å². The van der Waals surface area contributed by atoms with Crippen molar-refractivity contribution in [1.82, 2.24) is 5.32 Å². The van der Waals surface area contributed by atoms with Gasteiger partial charge in [0.15, 0.2) is 6.04 Å². The number of rotatable bonds is 5. The smallest absolute Gasteiger partial charge is 0.333 e. The molecule has 0 aliphatic heterocycles. The lowest BCUT2D eigenvalue weighted by Gasteiger charge is -2.17. The first-order chi connectivity index (χ1) is 10.7. The first kappa shape index (κ1) is 15.6. The molecule has 0 fully saturated rings. The summed E-state index contributed by atoms with van der Waals surface area (Å²) in [5, 5.41) is 2.68. The van der Waals surface area contributed by atoms with Gasteiger partial charge in [0.25, 0.3) is 5.91 Å². The van der Waals surface area contributed by atoms with Gasteiger partial charge < -0.3 is 14.8 Å². The summed E-state index contributed by atoms with van der Waals surface area (Å²) in [5.74, 6) is -0.206. The fraction of sp³-hybridized carbons (Fsp3) is 0.176. The highest BCUT2D eigenvalue weighted by atomic mass is 16.5. The van der Waals surface area contributed by atoms with Gasteiger partial charge in [-0.3, -0.25) is 4.79 Å². The van der Waals surface area contributed by atoms with Gasteiger partial charge in [0.1, 0.15) is 5.75 Å². The van der Waals surface area contributed by atoms with Gasteiger partial charge in [-0.05, 0) is 29.8 Å². The molecule has 2 aromatic rings. The van der Waals surface area contributed by atoms with Crippen LogP contribution in [0.3, 0.4) is 0 Å². The number of esters is 1. The number of amides is 1. The number of methoxy groups -OCH3 is 2. The summed E-state index contributed by atoms with van der Waals surface area (Å²) in [6.07, 6.45) is 0. The zero-order chi connectivity index (χ0) is 15.9. The third-order valence-corrected chi connectivity index (χ3v) is 3.20. The minimum absolute atomic E-state index is 0.341. The van der Waals surface area contributed by atoms with Gasteiger partial charge in [-0.1, -0.05) is 30.3 Å². The van der Waals surface area contributed by atoms with Crippen molar-refractivity contribution in [2.45, 2.75) is 6.04 Å². The second-order valence-corrected chi connectivity index (χ2v) is 4.57. The quantitative estimate of drug-likeness (QED) is 0.861. The van der Waals surface area contributed by atoms with Crippen molar-refractivity contribution >= 4 is 11.9 Å². The molecule has 22 heavy (non-hydrogen) atoms. The average molecular weight is 299 g/mol. The fourth-order valence-electron chi connectivity index (χ4n) is 2.00. The van der Waals surface area contributed by atoms with E-state index in [0.29, 0.717) is 16.9 Å². The van der Waals surface area contributed by atoms with Gasteiger partial charge in [0.2, 0.25) is 0 Å². The topological polar surface area (TPSA) is 64.6 Å². The van der Waals surface area contributed by atoms with Gasteiger partial charge >= 0.3 is 5.97 Å². The van der Waals surface area contributed by atoms with Crippen LogP contribution in [-0.4, -0.2) is 26.1 Å². The Morgan fingerprint density at radius 3 is 2.14 bits per heavy atom. The molecule has 0 saturated carbocycles. The Labute approximate surface area is 128 Å². The van der Waals surface area contributed by atoms with E-state index in [4.69, 9.17) is 9.47 Å². The van der Waals surface area contributed by atoms with Gasteiger partial charge in [-0.15, -0.1) is 0 Å². The van der Waals surface area contributed by atoms with E-state index in [0.717, 1.165) is 0 Å². The van der Waals surface area contributed by atoms with Crippen LogP contribution in [0.15, 0.2) is 54.6 Å². The number of carbonyl (C=O) groups is 2. The predicted molar refractivity (Wildman–Crippen MR) is 81.7 cm³/mol. The molecule has 1 N–H and O–H groups in total. The molecule has 0 aromatic heterocycles. The van der Waals surface area contributed by atoms with Gasteiger partial charge in [0, 0.05) is 5.56 Å². The molecule has 5 heteroatoms. The Hall–Kier alpha value is -2.82. The second kappa shape index (κ2) is 7.26. The minimum Gasteiger partial charge on any atom is -0.497 e. The van der Waals surface area contributed by atoms with Gasteiger partial charge in [0.05, 0.1) is 14.2 Å². The molecular formula is C17H17NO4. The third-order valence-electron chi connectivity index (χ3n) is 3.20. The van der Waals surface area contributed by atoms with E-state index in [1.54, 1.807) is 55.6 Å². The van der Waals surface area contributed by atoms with E-state index in [-0.39, 0.29) is 5.91 Å². The summed E-state index contributed by atoms with van der Waals surface area (Å²) in [5.41, 5.74) is 1.10. The summed E-state index contributed by atoms with van der Waals surface area (Å²) in [7, 11) is 2.84. The SMILES string of the molecule is COC(=O)[C@H](NC(=O)c1ccccc1)c1ccc(OC)cc1. The highest BCUT2D eigenvalue weighted by Gasteiger charge is 2.24. The van der Waals surface area contributed by atoms with Gasteiger partial charge in [-0.2, -0.15) is 0 Å².